The second-order valence-electron chi connectivity index (χ2n) is 11.6. The molecule has 0 aliphatic carbocycles. The lowest BCUT2D eigenvalue weighted by atomic mass is 9.33. The lowest BCUT2D eigenvalue weighted by Crippen LogP contribution is -2.63. The Morgan fingerprint density at radius 2 is 0.974 bits per heavy atom. The molecular formula is C34H31BN4. The van der Waals surface area contributed by atoms with Crippen LogP contribution >= 0.6 is 0 Å². The van der Waals surface area contributed by atoms with Crippen molar-refractivity contribution >= 4 is 57.5 Å². The van der Waals surface area contributed by atoms with Crippen LogP contribution < -0.4 is 26.2 Å². The molecule has 39 heavy (non-hydrogen) atoms. The zero-order chi connectivity index (χ0) is 26.9. The van der Waals surface area contributed by atoms with Crippen molar-refractivity contribution in [2.45, 2.75) is 40.0 Å². The molecule has 0 bridgehead atoms. The van der Waals surface area contributed by atoms with E-state index < -0.39 is 0 Å². The van der Waals surface area contributed by atoms with Gasteiger partial charge in [-0.1, -0.05) is 92.6 Å². The minimum Gasteiger partial charge on any atom is -0.296 e. The van der Waals surface area contributed by atoms with Gasteiger partial charge in [0.25, 0.3) is 6.71 Å². The van der Waals surface area contributed by atoms with Crippen LogP contribution in [0, 0.1) is 13.8 Å². The molecule has 190 valence electrons. The van der Waals surface area contributed by atoms with Gasteiger partial charge >= 0.3 is 0 Å². The van der Waals surface area contributed by atoms with E-state index >= 15 is 0 Å². The molecule has 4 nitrogen and oxygen atoms in total. The van der Waals surface area contributed by atoms with E-state index in [-0.39, 0.29) is 12.1 Å². The zero-order valence-corrected chi connectivity index (χ0v) is 23.1. The molecular weight excluding hydrogens is 475 g/mol. The Balaban J connectivity index is 1.67. The first kappa shape index (κ1) is 23.7. The molecule has 0 fully saturated rings. The number of nitrogens with zero attached hydrogens (tertiary/aromatic N) is 4. The summed E-state index contributed by atoms with van der Waals surface area (Å²) < 4.78 is 0. The number of aromatic nitrogens is 2. The van der Waals surface area contributed by atoms with Crippen LogP contribution in [0.2, 0.25) is 0 Å². The molecule has 0 saturated heterocycles. The molecule has 3 heterocycles. The number of rotatable bonds is 2. The SMILES string of the molecule is Cc1cccc2c1B1c3c(C)cccc3N(c3ccccc3)c3nc(C(C)(C)C)nc(c31)N2c1ccccc1. The van der Waals surface area contributed by atoms with Crippen molar-refractivity contribution in [3.05, 3.63) is 114 Å². The van der Waals surface area contributed by atoms with Crippen LogP contribution in [0.5, 0.6) is 0 Å². The van der Waals surface area contributed by atoms with Gasteiger partial charge in [-0.05, 0) is 61.2 Å². The van der Waals surface area contributed by atoms with Crippen molar-refractivity contribution in [3.8, 4) is 0 Å². The maximum atomic E-state index is 5.38. The Labute approximate surface area is 231 Å². The highest BCUT2D eigenvalue weighted by Crippen LogP contribution is 2.43. The highest BCUT2D eigenvalue weighted by atomic mass is 15.3. The average molecular weight is 506 g/mol. The van der Waals surface area contributed by atoms with Crippen LogP contribution in [0.1, 0.15) is 37.7 Å². The predicted octanol–water partition coefficient (Wildman–Crippen LogP) is 6.47. The Morgan fingerprint density at radius 3 is 1.38 bits per heavy atom. The van der Waals surface area contributed by atoms with E-state index in [4.69, 9.17) is 9.97 Å². The van der Waals surface area contributed by atoms with Crippen LogP contribution in [0.15, 0.2) is 97.1 Å². The van der Waals surface area contributed by atoms with Crippen molar-refractivity contribution in [3.63, 3.8) is 0 Å². The fraction of sp³-hybridized carbons (Fsp3) is 0.176. The summed E-state index contributed by atoms with van der Waals surface area (Å²) in [4.78, 5) is 15.5. The van der Waals surface area contributed by atoms with Crippen LogP contribution in [-0.2, 0) is 5.41 Å². The van der Waals surface area contributed by atoms with Gasteiger partial charge in [0, 0.05) is 33.6 Å². The van der Waals surface area contributed by atoms with E-state index in [1.807, 2.05) is 0 Å². The molecule has 0 spiro atoms. The quantitative estimate of drug-likeness (QED) is 0.252. The smallest absolute Gasteiger partial charge is 0.257 e. The molecule has 5 aromatic rings. The number of para-hydroxylation sites is 2. The van der Waals surface area contributed by atoms with Crippen molar-refractivity contribution < 1.29 is 0 Å². The minimum absolute atomic E-state index is 0.0383. The van der Waals surface area contributed by atoms with Gasteiger partial charge in [-0.25, -0.2) is 9.97 Å². The summed E-state index contributed by atoms with van der Waals surface area (Å²) in [5.41, 5.74) is 10.7. The van der Waals surface area contributed by atoms with E-state index in [0.29, 0.717) is 0 Å². The molecule has 2 aliphatic rings. The number of hydrogen-bond acceptors (Lipinski definition) is 4. The fourth-order valence-corrected chi connectivity index (χ4v) is 6.19. The Kier molecular flexibility index (Phi) is 5.21. The number of fused-ring (bicyclic) bond motifs is 4. The largest absolute Gasteiger partial charge is 0.296 e. The lowest BCUT2D eigenvalue weighted by Gasteiger charge is -2.44. The number of aryl methyl sites for hydroxylation is 2. The van der Waals surface area contributed by atoms with Crippen molar-refractivity contribution in [1.29, 1.82) is 0 Å². The third kappa shape index (κ3) is 3.53. The molecule has 0 amide bonds. The van der Waals surface area contributed by atoms with Gasteiger partial charge in [0.05, 0.1) is 0 Å². The average Bonchev–Trinajstić information content (AvgIpc) is 2.93. The molecule has 0 radical (unpaired) electrons. The molecule has 0 N–H and O–H groups in total. The molecule has 0 atom stereocenters. The molecule has 5 heteroatoms. The summed E-state index contributed by atoms with van der Waals surface area (Å²) in [6, 6.07) is 34.5. The first-order valence-corrected chi connectivity index (χ1v) is 13.7. The van der Waals surface area contributed by atoms with Gasteiger partial charge in [-0.2, -0.15) is 0 Å². The van der Waals surface area contributed by atoms with E-state index in [1.54, 1.807) is 0 Å². The van der Waals surface area contributed by atoms with Crippen molar-refractivity contribution in [1.82, 2.24) is 9.97 Å². The Hall–Kier alpha value is -4.38. The molecule has 1 aromatic heterocycles. The van der Waals surface area contributed by atoms with E-state index in [1.165, 1.54) is 38.9 Å². The van der Waals surface area contributed by atoms with E-state index in [0.717, 1.165) is 28.8 Å². The van der Waals surface area contributed by atoms with Crippen LogP contribution in [0.3, 0.4) is 0 Å². The van der Waals surface area contributed by atoms with E-state index in [9.17, 15) is 0 Å². The highest BCUT2D eigenvalue weighted by molar-refractivity contribution is 7.00. The molecule has 0 saturated carbocycles. The summed E-state index contributed by atoms with van der Waals surface area (Å²) in [6.07, 6.45) is 0. The monoisotopic (exact) mass is 506 g/mol. The van der Waals surface area contributed by atoms with Gasteiger partial charge in [0.15, 0.2) is 0 Å². The lowest BCUT2D eigenvalue weighted by molar-refractivity contribution is 0.546. The first-order chi connectivity index (χ1) is 18.8. The van der Waals surface area contributed by atoms with Crippen LogP contribution in [0.25, 0.3) is 0 Å². The first-order valence-electron chi connectivity index (χ1n) is 13.7. The zero-order valence-electron chi connectivity index (χ0n) is 23.1. The van der Waals surface area contributed by atoms with Crippen molar-refractivity contribution in [2.75, 3.05) is 9.80 Å². The number of anilines is 6. The van der Waals surface area contributed by atoms with Gasteiger partial charge < -0.3 is 0 Å². The summed E-state index contributed by atoms with van der Waals surface area (Å²) >= 11 is 0. The maximum absolute atomic E-state index is 5.38. The fourth-order valence-electron chi connectivity index (χ4n) is 6.19. The topological polar surface area (TPSA) is 32.3 Å². The molecule has 0 unspecified atom stereocenters. The van der Waals surface area contributed by atoms with Gasteiger partial charge in [0.2, 0.25) is 0 Å². The summed E-state index contributed by atoms with van der Waals surface area (Å²) in [6.45, 7) is 11.1. The third-order valence-electron chi connectivity index (χ3n) is 7.98. The molecule has 2 aliphatic heterocycles. The molecule has 4 aromatic carbocycles. The second-order valence-corrected chi connectivity index (χ2v) is 11.6. The van der Waals surface area contributed by atoms with Crippen LogP contribution in [0.4, 0.5) is 34.4 Å². The highest BCUT2D eigenvalue weighted by Gasteiger charge is 2.46. The third-order valence-corrected chi connectivity index (χ3v) is 7.98. The van der Waals surface area contributed by atoms with Crippen molar-refractivity contribution in [2.24, 2.45) is 0 Å². The van der Waals surface area contributed by atoms with Gasteiger partial charge in [-0.15, -0.1) is 0 Å². The number of benzene rings is 4. The summed E-state index contributed by atoms with van der Waals surface area (Å²) in [5.74, 6) is 2.77. The van der Waals surface area contributed by atoms with Gasteiger partial charge in [-0.3, -0.25) is 9.80 Å². The second kappa shape index (κ2) is 8.57. The Bertz CT molecular complexity index is 1610. The standard InChI is InChI=1S/C34H31BN4/c1-22-14-12-20-26-28(22)35-29-23(2)15-13-21-27(29)39(25-18-10-7-11-19-25)32-30(35)31(36-33(37-32)34(3,4)5)38(26)24-16-8-6-9-17-24/h6-21H,1-5H3. The van der Waals surface area contributed by atoms with Gasteiger partial charge in [0.1, 0.15) is 17.5 Å². The molecule has 7 rings (SSSR count). The van der Waals surface area contributed by atoms with E-state index in [2.05, 4.69) is 141 Å². The summed E-state index contributed by atoms with van der Waals surface area (Å²) in [5, 5.41) is 0. The summed E-state index contributed by atoms with van der Waals surface area (Å²) in [7, 11) is 0. The number of hydrogen-bond donors (Lipinski definition) is 0. The Morgan fingerprint density at radius 1 is 0.538 bits per heavy atom. The minimum atomic E-state index is -0.231. The maximum Gasteiger partial charge on any atom is 0.257 e. The van der Waals surface area contributed by atoms with Crippen LogP contribution in [-0.4, -0.2) is 16.7 Å². The predicted molar refractivity (Wildman–Crippen MR) is 164 cm³/mol. The normalized spacial score (nSPS) is 13.6.